The van der Waals surface area contributed by atoms with E-state index in [0.717, 1.165) is 10.8 Å². The second-order valence-electron chi connectivity index (χ2n) is 6.47. The molecule has 0 aliphatic heterocycles. The summed E-state index contributed by atoms with van der Waals surface area (Å²) in [5, 5.41) is 14.3. The number of aromatic amines is 1. The molecule has 0 spiro atoms. The van der Waals surface area contributed by atoms with Crippen LogP contribution in [0.1, 0.15) is 5.56 Å². The van der Waals surface area contributed by atoms with Gasteiger partial charge >= 0.3 is 6.09 Å². The average Bonchev–Trinajstić information content (AvgIpc) is 3.19. The number of amides is 1. The SMILES string of the molecule is COc1ccc2[nH]c(=O)c3sccc3c2c1-c1ccc(CCNC(=O)O)c(F)c1. The Morgan fingerprint density at radius 1 is 1.28 bits per heavy atom. The number of methoxy groups -OCH3 is 1. The van der Waals surface area contributed by atoms with Crippen molar-refractivity contribution in [3.8, 4) is 16.9 Å². The molecule has 3 N–H and O–H groups in total. The molecule has 148 valence electrons. The van der Waals surface area contributed by atoms with Crippen LogP contribution in [0.2, 0.25) is 0 Å². The fourth-order valence-corrected chi connectivity index (χ4v) is 4.29. The number of hydrogen-bond acceptors (Lipinski definition) is 4. The minimum absolute atomic E-state index is 0.125. The lowest BCUT2D eigenvalue weighted by Gasteiger charge is -2.14. The maximum absolute atomic E-state index is 14.7. The number of carbonyl (C=O) groups is 1. The molecule has 2 heterocycles. The van der Waals surface area contributed by atoms with Crippen molar-refractivity contribution < 1.29 is 19.0 Å². The molecule has 0 atom stereocenters. The molecule has 0 saturated carbocycles. The average molecular weight is 412 g/mol. The van der Waals surface area contributed by atoms with E-state index >= 15 is 0 Å². The molecule has 8 heteroatoms. The third-order valence-electron chi connectivity index (χ3n) is 4.79. The molecule has 2 aromatic heterocycles. The minimum atomic E-state index is -1.14. The van der Waals surface area contributed by atoms with Crippen molar-refractivity contribution in [2.45, 2.75) is 6.42 Å². The largest absolute Gasteiger partial charge is 0.496 e. The van der Waals surface area contributed by atoms with Gasteiger partial charge in [0.15, 0.2) is 0 Å². The maximum atomic E-state index is 14.7. The zero-order valence-electron chi connectivity index (χ0n) is 15.4. The summed E-state index contributed by atoms with van der Waals surface area (Å²) in [7, 11) is 1.55. The molecule has 4 rings (SSSR count). The number of rotatable bonds is 5. The van der Waals surface area contributed by atoms with Crippen molar-refractivity contribution in [3.05, 3.63) is 63.5 Å². The lowest BCUT2D eigenvalue weighted by Crippen LogP contribution is -2.23. The lowest BCUT2D eigenvalue weighted by molar-refractivity contribution is 0.194. The van der Waals surface area contributed by atoms with Gasteiger partial charge in [-0.05, 0) is 47.2 Å². The van der Waals surface area contributed by atoms with Gasteiger partial charge in [-0.15, -0.1) is 11.3 Å². The van der Waals surface area contributed by atoms with Gasteiger partial charge in [0.2, 0.25) is 0 Å². The van der Waals surface area contributed by atoms with Gasteiger partial charge in [0.05, 0.1) is 7.11 Å². The molecule has 0 unspecified atom stereocenters. The Morgan fingerprint density at radius 2 is 2.10 bits per heavy atom. The van der Waals surface area contributed by atoms with Gasteiger partial charge in [0.1, 0.15) is 16.3 Å². The molecule has 6 nitrogen and oxygen atoms in total. The molecule has 2 aromatic carbocycles. The number of benzene rings is 2. The number of halogens is 1. The summed E-state index contributed by atoms with van der Waals surface area (Å²) in [6, 6.07) is 10.2. The molecular weight excluding hydrogens is 395 g/mol. The zero-order chi connectivity index (χ0) is 20.5. The second-order valence-corrected chi connectivity index (χ2v) is 7.39. The molecular formula is C21H17FN2O4S. The number of nitrogens with one attached hydrogen (secondary N) is 2. The summed E-state index contributed by atoms with van der Waals surface area (Å²) in [6.07, 6.45) is -0.899. The standard InChI is InChI=1S/C21H17FN2O4S/c1-28-16-5-4-15-18(13-7-9-29-19(13)20(25)24-15)17(16)12-3-2-11(14(22)10-12)6-8-23-21(26)27/h2-5,7,9-10,23H,6,8H2,1H3,(H,24,25)(H,26,27). The van der Waals surface area contributed by atoms with E-state index in [-0.39, 0.29) is 18.5 Å². The van der Waals surface area contributed by atoms with Crippen LogP contribution in [0.4, 0.5) is 9.18 Å². The van der Waals surface area contributed by atoms with Crippen LogP contribution in [0, 0.1) is 5.82 Å². The fraction of sp³-hybridized carbons (Fsp3) is 0.143. The Labute approximate surface area is 168 Å². The Balaban J connectivity index is 1.89. The Bertz CT molecular complexity index is 1300. The molecule has 0 bridgehead atoms. The van der Waals surface area contributed by atoms with E-state index in [1.54, 1.807) is 31.4 Å². The number of pyridine rings is 1. The summed E-state index contributed by atoms with van der Waals surface area (Å²) >= 11 is 1.35. The number of H-pyrrole nitrogens is 1. The Morgan fingerprint density at radius 3 is 2.83 bits per heavy atom. The van der Waals surface area contributed by atoms with Gasteiger partial charge < -0.3 is 20.1 Å². The van der Waals surface area contributed by atoms with Crippen LogP contribution in [-0.4, -0.2) is 29.8 Å². The van der Waals surface area contributed by atoms with Gasteiger partial charge in [-0.25, -0.2) is 9.18 Å². The molecule has 1 amide bonds. The second kappa shape index (κ2) is 7.56. The van der Waals surface area contributed by atoms with Crippen molar-refractivity contribution >= 4 is 38.4 Å². The first-order chi connectivity index (χ1) is 14.0. The van der Waals surface area contributed by atoms with Crippen molar-refractivity contribution in [3.63, 3.8) is 0 Å². The van der Waals surface area contributed by atoms with Crippen LogP contribution in [-0.2, 0) is 6.42 Å². The van der Waals surface area contributed by atoms with Gasteiger partial charge in [-0.1, -0.05) is 12.1 Å². The molecule has 0 aliphatic carbocycles. The van der Waals surface area contributed by atoms with Gasteiger partial charge in [-0.3, -0.25) is 4.79 Å². The van der Waals surface area contributed by atoms with Crippen LogP contribution >= 0.6 is 11.3 Å². The highest BCUT2D eigenvalue weighted by atomic mass is 32.1. The lowest BCUT2D eigenvalue weighted by atomic mass is 9.96. The number of fused-ring (bicyclic) bond motifs is 3. The van der Waals surface area contributed by atoms with E-state index in [1.165, 1.54) is 17.4 Å². The van der Waals surface area contributed by atoms with Gasteiger partial charge in [-0.2, -0.15) is 0 Å². The van der Waals surface area contributed by atoms with E-state index in [0.29, 0.717) is 32.7 Å². The van der Waals surface area contributed by atoms with Crippen molar-refractivity contribution in [2.24, 2.45) is 0 Å². The first-order valence-electron chi connectivity index (χ1n) is 8.85. The third-order valence-corrected chi connectivity index (χ3v) is 5.70. The number of aromatic nitrogens is 1. The summed E-state index contributed by atoms with van der Waals surface area (Å²) in [4.78, 5) is 25.8. The van der Waals surface area contributed by atoms with Crippen molar-refractivity contribution in [1.29, 1.82) is 0 Å². The summed E-state index contributed by atoms with van der Waals surface area (Å²) in [5.41, 5.74) is 2.20. The Hall–Kier alpha value is -3.39. The van der Waals surface area contributed by atoms with Crippen LogP contribution in [0.25, 0.3) is 32.1 Å². The first kappa shape index (κ1) is 18.9. The number of hydrogen-bond donors (Lipinski definition) is 3. The van der Waals surface area contributed by atoms with Crippen LogP contribution in [0.15, 0.2) is 46.6 Å². The van der Waals surface area contributed by atoms with E-state index in [2.05, 4.69) is 10.3 Å². The maximum Gasteiger partial charge on any atom is 0.404 e. The molecule has 0 saturated heterocycles. The number of carboxylic acid groups (broad SMARTS) is 1. The van der Waals surface area contributed by atoms with E-state index in [1.807, 2.05) is 11.4 Å². The van der Waals surface area contributed by atoms with Gasteiger partial charge in [0.25, 0.3) is 5.56 Å². The first-order valence-corrected chi connectivity index (χ1v) is 9.73. The normalized spacial score (nSPS) is 11.1. The smallest absolute Gasteiger partial charge is 0.404 e. The van der Waals surface area contributed by atoms with Crippen LogP contribution in [0.5, 0.6) is 5.75 Å². The predicted molar refractivity (Wildman–Crippen MR) is 112 cm³/mol. The summed E-state index contributed by atoms with van der Waals surface area (Å²) in [6.45, 7) is 0.125. The summed E-state index contributed by atoms with van der Waals surface area (Å²) < 4.78 is 20.9. The molecule has 0 fully saturated rings. The molecule has 4 aromatic rings. The van der Waals surface area contributed by atoms with E-state index < -0.39 is 11.9 Å². The zero-order valence-corrected chi connectivity index (χ0v) is 16.2. The van der Waals surface area contributed by atoms with Crippen LogP contribution < -0.4 is 15.6 Å². The number of thiophene rings is 1. The summed E-state index contributed by atoms with van der Waals surface area (Å²) in [5.74, 6) is 0.136. The topological polar surface area (TPSA) is 91.4 Å². The van der Waals surface area contributed by atoms with Gasteiger partial charge in [0, 0.05) is 28.4 Å². The predicted octanol–water partition coefficient (Wildman–Crippen LogP) is 4.37. The molecule has 29 heavy (non-hydrogen) atoms. The molecule has 0 aliphatic rings. The quantitative estimate of drug-likeness (QED) is 0.454. The fourth-order valence-electron chi connectivity index (χ4n) is 3.49. The Kier molecular flexibility index (Phi) is 4.94. The van der Waals surface area contributed by atoms with E-state index in [4.69, 9.17) is 9.84 Å². The monoisotopic (exact) mass is 412 g/mol. The van der Waals surface area contributed by atoms with Crippen molar-refractivity contribution in [2.75, 3.05) is 13.7 Å². The van der Waals surface area contributed by atoms with Crippen molar-refractivity contribution in [1.82, 2.24) is 10.3 Å². The highest BCUT2D eigenvalue weighted by Crippen LogP contribution is 2.40. The van der Waals surface area contributed by atoms with Crippen LogP contribution in [0.3, 0.4) is 0 Å². The van der Waals surface area contributed by atoms with E-state index in [9.17, 15) is 14.0 Å². The molecule has 0 radical (unpaired) electrons. The highest BCUT2D eigenvalue weighted by molar-refractivity contribution is 7.17. The highest BCUT2D eigenvalue weighted by Gasteiger charge is 2.17. The third kappa shape index (κ3) is 3.42. The number of ether oxygens (including phenoxy) is 1. The minimum Gasteiger partial charge on any atom is -0.496 e.